The monoisotopic (exact) mass is 236 g/mol. The molecule has 92 valence electrons. The van der Waals surface area contributed by atoms with Crippen LogP contribution in [0.3, 0.4) is 0 Å². The van der Waals surface area contributed by atoms with Gasteiger partial charge in [0.2, 0.25) is 5.95 Å². The van der Waals surface area contributed by atoms with Gasteiger partial charge in [-0.25, -0.2) is 4.98 Å². The Morgan fingerprint density at radius 3 is 3.00 bits per heavy atom. The molecule has 0 fully saturated rings. The molecule has 0 aliphatic rings. The number of aromatic nitrogens is 4. The smallest absolute Gasteiger partial charge is 0.224 e. The van der Waals surface area contributed by atoms with Gasteiger partial charge in [0.05, 0.1) is 6.33 Å². The van der Waals surface area contributed by atoms with Crippen molar-refractivity contribution in [1.29, 1.82) is 0 Å². The minimum Gasteiger partial charge on any atom is -0.396 e. The number of fused-ring (bicyclic) bond motifs is 1. The van der Waals surface area contributed by atoms with E-state index in [0.717, 1.165) is 31.3 Å². The molecular weight excluding hydrogens is 220 g/mol. The van der Waals surface area contributed by atoms with Gasteiger partial charge in [-0.1, -0.05) is 0 Å². The van der Waals surface area contributed by atoms with Crippen LogP contribution in [0.15, 0.2) is 6.33 Å². The number of nitrogens with zero attached hydrogens (tertiary/aromatic N) is 3. The second-order valence-electron chi connectivity index (χ2n) is 3.74. The first-order chi connectivity index (χ1) is 8.31. The van der Waals surface area contributed by atoms with Crippen molar-refractivity contribution in [2.24, 2.45) is 0 Å². The summed E-state index contributed by atoms with van der Waals surface area (Å²) in [5.74, 6) is 0.886. The molecule has 0 saturated carbocycles. The molecule has 0 atom stereocenters. The number of aromatic amines is 1. The van der Waals surface area contributed by atoms with Gasteiger partial charge >= 0.3 is 0 Å². The highest BCUT2D eigenvalue weighted by Crippen LogP contribution is 2.17. The maximum atomic E-state index is 8.66. The Kier molecular flexibility index (Phi) is 3.71. The van der Waals surface area contributed by atoms with Gasteiger partial charge in [-0.15, -0.1) is 0 Å². The molecule has 5 N–H and O–H groups in total. The molecule has 7 heteroatoms. The van der Waals surface area contributed by atoms with E-state index in [0.29, 0.717) is 11.5 Å². The van der Waals surface area contributed by atoms with Crippen LogP contribution in [-0.2, 0) is 0 Å². The van der Waals surface area contributed by atoms with E-state index in [4.69, 9.17) is 10.8 Å². The van der Waals surface area contributed by atoms with E-state index in [1.807, 2.05) is 0 Å². The van der Waals surface area contributed by atoms with Crippen molar-refractivity contribution in [3.8, 4) is 0 Å². The van der Waals surface area contributed by atoms with Crippen LogP contribution in [0.2, 0.25) is 0 Å². The molecule has 0 amide bonds. The minimum absolute atomic E-state index is 0.211. The van der Waals surface area contributed by atoms with Gasteiger partial charge in [-0.05, 0) is 19.3 Å². The van der Waals surface area contributed by atoms with Crippen molar-refractivity contribution in [3.63, 3.8) is 0 Å². The van der Waals surface area contributed by atoms with Crippen LogP contribution >= 0.6 is 0 Å². The highest BCUT2D eigenvalue weighted by atomic mass is 16.2. The van der Waals surface area contributed by atoms with Crippen molar-refractivity contribution in [2.45, 2.75) is 19.3 Å². The van der Waals surface area contributed by atoms with E-state index >= 15 is 0 Å². The molecule has 17 heavy (non-hydrogen) atoms. The average Bonchev–Trinajstić information content (AvgIpc) is 2.76. The second-order valence-corrected chi connectivity index (χ2v) is 3.74. The first-order valence-electron chi connectivity index (χ1n) is 5.62. The summed E-state index contributed by atoms with van der Waals surface area (Å²) in [6.45, 7) is 1.02. The van der Waals surface area contributed by atoms with Gasteiger partial charge < -0.3 is 21.1 Å². The van der Waals surface area contributed by atoms with Gasteiger partial charge in [0, 0.05) is 13.2 Å². The molecule has 0 spiro atoms. The van der Waals surface area contributed by atoms with E-state index < -0.39 is 0 Å². The SMILES string of the molecule is Nc1nc(NCCCCCO)c2[nH]cnc2n1. The number of unbranched alkanes of at least 4 members (excludes halogenated alkanes) is 2. The van der Waals surface area contributed by atoms with E-state index in [-0.39, 0.29) is 12.6 Å². The number of H-pyrrole nitrogens is 1. The fourth-order valence-corrected chi connectivity index (χ4v) is 1.60. The summed E-state index contributed by atoms with van der Waals surface area (Å²) in [4.78, 5) is 15.1. The van der Waals surface area contributed by atoms with Crippen LogP contribution in [0, 0.1) is 0 Å². The van der Waals surface area contributed by atoms with E-state index in [9.17, 15) is 0 Å². The standard InChI is InChI=1S/C10H16N6O/c11-10-15-8(12-4-2-1-3-5-17)7-9(16-10)14-6-13-7/h6,17H,1-5H2,(H4,11,12,13,14,15,16). The second kappa shape index (κ2) is 5.44. The first-order valence-corrected chi connectivity index (χ1v) is 5.62. The van der Waals surface area contributed by atoms with E-state index in [1.54, 1.807) is 6.33 Å². The summed E-state index contributed by atoms with van der Waals surface area (Å²) in [6, 6.07) is 0. The van der Waals surface area contributed by atoms with Gasteiger partial charge in [0.15, 0.2) is 11.5 Å². The van der Waals surface area contributed by atoms with E-state index in [2.05, 4.69) is 25.3 Å². The Labute approximate surface area is 98.5 Å². The zero-order valence-electron chi connectivity index (χ0n) is 9.48. The first kappa shape index (κ1) is 11.6. The zero-order chi connectivity index (χ0) is 12.1. The van der Waals surface area contributed by atoms with Crippen LogP contribution in [0.4, 0.5) is 11.8 Å². The number of aliphatic hydroxyl groups excluding tert-OH is 1. The van der Waals surface area contributed by atoms with Crippen LogP contribution in [0.1, 0.15) is 19.3 Å². The lowest BCUT2D eigenvalue weighted by atomic mass is 10.2. The number of aliphatic hydroxyl groups is 1. The summed E-state index contributed by atoms with van der Waals surface area (Å²) in [5, 5.41) is 11.9. The Morgan fingerprint density at radius 2 is 2.18 bits per heavy atom. The summed E-state index contributed by atoms with van der Waals surface area (Å²) < 4.78 is 0. The van der Waals surface area contributed by atoms with Crippen molar-refractivity contribution in [1.82, 2.24) is 19.9 Å². The molecule has 0 bridgehead atoms. The topological polar surface area (TPSA) is 113 Å². The van der Waals surface area contributed by atoms with Gasteiger partial charge in [0.1, 0.15) is 5.52 Å². The van der Waals surface area contributed by atoms with E-state index in [1.165, 1.54) is 0 Å². The summed E-state index contributed by atoms with van der Waals surface area (Å²) in [6.07, 6.45) is 4.35. The molecule has 0 unspecified atom stereocenters. The van der Waals surface area contributed by atoms with Gasteiger partial charge in [-0.3, -0.25) is 0 Å². The number of hydrogen-bond acceptors (Lipinski definition) is 6. The molecule has 2 aromatic heterocycles. The van der Waals surface area contributed by atoms with Crippen molar-refractivity contribution in [2.75, 3.05) is 24.2 Å². The highest BCUT2D eigenvalue weighted by Gasteiger charge is 2.07. The Hall–Kier alpha value is -1.89. The van der Waals surface area contributed by atoms with Crippen LogP contribution < -0.4 is 11.1 Å². The molecule has 0 aliphatic carbocycles. The number of imidazole rings is 1. The Morgan fingerprint density at radius 1 is 1.29 bits per heavy atom. The molecule has 0 aliphatic heterocycles. The molecular formula is C10H16N6O. The lowest BCUT2D eigenvalue weighted by Crippen LogP contribution is -2.07. The summed E-state index contributed by atoms with van der Waals surface area (Å²) >= 11 is 0. The maximum Gasteiger partial charge on any atom is 0.224 e. The molecule has 2 rings (SSSR count). The van der Waals surface area contributed by atoms with Crippen LogP contribution in [0.5, 0.6) is 0 Å². The molecule has 0 saturated heterocycles. The van der Waals surface area contributed by atoms with Crippen LogP contribution in [-0.4, -0.2) is 38.2 Å². The number of nitrogen functional groups attached to an aromatic ring is 1. The molecule has 2 aromatic rings. The number of nitrogens with two attached hydrogens (primary N) is 1. The third-order valence-corrected chi connectivity index (χ3v) is 2.43. The van der Waals surface area contributed by atoms with Gasteiger partial charge in [0.25, 0.3) is 0 Å². The average molecular weight is 236 g/mol. The highest BCUT2D eigenvalue weighted by molar-refractivity contribution is 5.83. The zero-order valence-corrected chi connectivity index (χ0v) is 9.48. The van der Waals surface area contributed by atoms with Crippen molar-refractivity contribution < 1.29 is 5.11 Å². The predicted octanol–water partition coefficient (Wildman–Crippen LogP) is 0.510. The fraction of sp³-hybridized carbons (Fsp3) is 0.500. The van der Waals surface area contributed by atoms with Crippen molar-refractivity contribution in [3.05, 3.63) is 6.33 Å². The summed E-state index contributed by atoms with van der Waals surface area (Å²) in [7, 11) is 0. The lowest BCUT2D eigenvalue weighted by Gasteiger charge is -2.06. The molecule has 0 radical (unpaired) electrons. The van der Waals surface area contributed by atoms with Gasteiger partial charge in [-0.2, -0.15) is 9.97 Å². The Bertz CT molecular complexity index is 483. The largest absolute Gasteiger partial charge is 0.396 e. The van der Waals surface area contributed by atoms with Crippen molar-refractivity contribution >= 4 is 22.9 Å². The number of rotatable bonds is 6. The number of anilines is 2. The number of hydrogen-bond donors (Lipinski definition) is 4. The predicted molar refractivity (Wildman–Crippen MR) is 65.5 cm³/mol. The molecule has 7 nitrogen and oxygen atoms in total. The Balaban J connectivity index is 2.00. The minimum atomic E-state index is 0.211. The third kappa shape index (κ3) is 2.82. The van der Waals surface area contributed by atoms with Crippen LogP contribution in [0.25, 0.3) is 11.2 Å². The normalized spacial score (nSPS) is 10.9. The molecule has 0 aromatic carbocycles. The fourth-order valence-electron chi connectivity index (χ4n) is 1.60. The number of nitrogens with one attached hydrogen (secondary N) is 2. The molecule has 2 heterocycles. The quantitative estimate of drug-likeness (QED) is 0.543. The maximum absolute atomic E-state index is 8.66. The third-order valence-electron chi connectivity index (χ3n) is 2.43. The lowest BCUT2D eigenvalue weighted by molar-refractivity contribution is 0.283. The summed E-state index contributed by atoms with van der Waals surface area (Å²) in [5.41, 5.74) is 6.92.